The topological polar surface area (TPSA) is 103 Å². The highest BCUT2D eigenvalue weighted by molar-refractivity contribution is 5.90. The Morgan fingerprint density at radius 2 is 1.72 bits per heavy atom. The van der Waals surface area contributed by atoms with Crippen molar-refractivity contribution < 1.29 is 23.5 Å². The maximum absolute atomic E-state index is 14.1. The van der Waals surface area contributed by atoms with Crippen molar-refractivity contribution in [1.82, 2.24) is 25.8 Å². The number of benzene rings is 1. The highest BCUT2D eigenvalue weighted by Crippen LogP contribution is 2.36. The third kappa shape index (κ3) is 5.43. The predicted molar refractivity (Wildman–Crippen MR) is 133 cm³/mol. The molecule has 1 aromatic rings. The Kier molecular flexibility index (Phi) is 8.33. The lowest BCUT2D eigenvalue weighted by molar-refractivity contribution is -0.140. The van der Waals surface area contributed by atoms with Crippen molar-refractivity contribution in [3.8, 4) is 5.75 Å². The van der Waals surface area contributed by atoms with E-state index in [2.05, 4.69) is 16.0 Å². The van der Waals surface area contributed by atoms with Gasteiger partial charge in [-0.25, -0.2) is 9.18 Å². The van der Waals surface area contributed by atoms with E-state index in [9.17, 15) is 18.8 Å². The average Bonchev–Trinajstić information content (AvgIpc) is 3.49. The molecule has 4 amide bonds. The van der Waals surface area contributed by atoms with Crippen LogP contribution in [-0.4, -0.2) is 85.1 Å². The summed E-state index contributed by atoms with van der Waals surface area (Å²) in [5, 5.41) is 8.68. The SMILES string of the molecule is CNC(=O)N1C[C@H](Oc2ccc(F)cc2)[C@@H]2[C@H]1CCN2C(=O)C(NC(=O)[C@H](C)NC)C1CCCCC1. The number of carbonyl (C=O) groups is 3. The third-order valence-electron chi connectivity index (χ3n) is 7.95. The number of carbonyl (C=O) groups excluding carboxylic acids is 3. The van der Waals surface area contributed by atoms with Crippen molar-refractivity contribution in [1.29, 1.82) is 0 Å². The first-order valence-corrected chi connectivity index (χ1v) is 13.0. The molecule has 1 unspecified atom stereocenters. The Balaban J connectivity index is 1.59. The lowest BCUT2D eigenvalue weighted by Gasteiger charge is -2.36. The number of urea groups is 1. The summed E-state index contributed by atoms with van der Waals surface area (Å²) >= 11 is 0. The number of nitrogens with one attached hydrogen (secondary N) is 3. The van der Waals surface area contributed by atoms with Crippen LogP contribution in [0, 0.1) is 11.7 Å². The maximum atomic E-state index is 14.1. The van der Waals surface area contributed by atoms with Gasteiger partial charge in [0, 0.05) is 13.6 Å². The summed E-state index contributed by atoms with van der Waals surface area (Å²) < 4.78 is 19.7. The van der Waals surface area contributed by atoms with E-state index in [0.29, 0.717) is 25.3 Å². The Morgan fingerprint density at radius 3 is 2.36 bits per heavy atom. The van der Waals surface area contributed by atoms with Crippen molar-refractivity contribution in [3.05, 3.63) is 30.1 Å². The first-order valence-electron chi connectivity index (χ1n) is 13.0. The Bertz CT molecular complexity index is 939. The number of ether oxygens (including phenoxy) is 1. The molecule has 1 aliphatic carbocycles. The fourth-order valence-corrected chi connectivity index (χ4v) is 5.89. The van der Waals surface area contributed by atoms with Crippen LogP contribution in [0.15, 0.2) is 24.3 Å². The Morgan fingerprint density at radius 1 is 1.03 bits per heavy atom. The van der Waals surface area contributed by atoms with E-state index in [1.165, 1.54) is 12.1 Å². The van der Waals surface area contributed by atoms with E-state index in [1.54, 1.807) is 38.1 Å². The van der Waals surface area contributed by atoms with E-state index in [-0.39, 0.29) is 41.7 Å². The van der Waals surface area contributed by atoms with Crippen LogP contribution >= 0.6 is 0 Å². The van der Waals surface area contributed by atoms with Gasteiger partial charge < -0.3 is 30.5 Å². The molecule has 3 aliphatic rings. The van der Waals surface area contributed by atoms with Crippen LogP contribution in [0.5, 0.6) is 5.75 Å². The highest BCUT2D eigenvalue weighted by Gasteiger charge is 2.54. The van der Waals surface area contributed by atoms with Crippen molar-refractivity contribution in [2.45, 2.75) is 75.7 Å². The summed E-state index contributed by atoms with van der Waals surface area (Å²) in [5.41, 5.74) is 0. The standard InChI is InChI=1S/C26H38FN5O4/c1-16(28-2)24(33)30-22(17-7-5-4-6-8-17)25(34)31-14-13-20-23(31)21(15-32(20)26(35)29-3)36-19-11-9-18(27)10-12-19/h9-12,16-17,20-23,28H,4-8,13-15H2,1-3H3,(H,29,35)(H,30,33)/t16-,20+,21-,22?,23-/m0/s1. The fraction of sp³-hybridized carbons (Fsp3) is 0.654. The molecule has 0 spiro atoms. The molecular formula is C26H38FN5O4. The molecule has 0 aromatic heterocycles. The minimum atomic E-state index is -0.618. The van der Waals surface area contributed by atoms with E-state index in [1.807, 2.05) is 4.90 Å². The minimum Gasteiger partial charge on any atom is -0.486 e. The molecule has 2 heterocycles. The predicted octanol–water partition coefficient (Wildman–Crippen LogP) is 1.87. The van der Waals surface area contributed by atoms with E-state index < -0.39 is 18.2 Å². The number of nitrogens with zero attached hydrogens (tertiary/aromatic N) is 2. The zero-order valence-corrected chi connectivity index (χ0v) is 21.3. The van der Waals surface area contributed by atoms with Crippen molar-refractivity contribution in [3.63, 3.8) is 0 Å². The third-order valence-corrected chi connectivity index (χ3v) is 7.95. The van der Waals surface area contributed by atoms with Crippen LogP contribution in [0.1, 0.15) is 45.4 Å². The molecule has 2 aliphatic heterocycles. The molecule has 1 aromatic carbocycles. The molecule has 36 heavy (non-hydrogen) atoms. The normalized spacial score (nSPS) is 25.7. The molecule has 4 rings (SSSR count). The van der Waals surface area contributed by atoms with Gasteiger partial charge >= 0.3 is 6.03 Å². The van der Waals surface area contributed by atoms with Crippen LogP contribution in [0.4, 0.5) is 9.18 Å². The van der Waals surface area contributed by atoms with Crippen LogP contribution in [0.3, 0.4) is 0 Å². The van der Waals surface area contributed by atoms with Gasteiger partial charge in [-0.1, -0.05) is 19.3 Å². The quantitative estimate of drug-likeness (QED) is 0.527. The molecular weight excluding hydrogens is 465 g/mol. The molecule has 5 atom stereocenters. The second kappa shape index (κ2) is 11.5. The van der Waals surface area contributed by atoms with E-state index in [0.717, 1.165) is 32.1 Å². The number of fused-ring (bicyclic) bond motifs is 1. The second-order valence-electron chi connectivity index (χ2n) is 10.1. The molecule has 2 saturated heterocycles. The number of halogens is 1. The summed E-state index contributed by atoms with van der Waals surface area (Å²) in [4.78, 5) is 43.1. The van der Waals surface area contributed by atoms with E-state index >= 15 is 0 Å². The summed E-state index contributed by atoms with van der Waals surface area (Å²) in [6.45, 7) is 2.56. The monoisotopic (exact) mass is 503 g/mol. The zero-order chi connectivity index (χ0) is 25.8. The van der Waals surface area contributed by atoms with Crippen molar-refractivity contribution >= 4 is 17.8 Å². The number of likely N-dealkylation sites (tertiary alicyclic amines) is 2. The van der Waals surface area contributed by atoms with Gasteiger partial charge in [-0.15, -0.1) is 0 Å². The van der Waals surface area contributed by atoms with Gasteiger partial charge in [0.2, 0.25) is 11.8 Å². The van der Waals surface area contributed by atoms with Gasteiger partial charge in [0.05, 0.1) is 24.7 Å². The maximum Gasteiger partial charge on any atom is 0.317 e. The smallest absolute Gasteiger partial charge is 0.317 e. The first-order chi connectivity index (χ1) is 17.3. The van der Waals surface area contributed by atoms with Crippen LogP contribution < -0.4 is 20.7 Å². The molecule has 198 valence electrons. The van der Waals surface area contributed by atoms with Crippen LogP contribution in [-0.2, 0) is 9.59 Å². The summed E-state index contributed by atoms with van der Waals surface area (Å²) in [7, 11) is 3.30. The molecule has 1 saturated carbocycles. The van der Waals surface area contributed by atoms with Crippen LogP contribution in [0.25, 0.3) is 0 Å². The highest BCUT2D eigenvalue weighted by atomic mass is 19.1. The Hall–Kier alpha value is -2.88. The fourth-order valence-electron chi connectivity index (χ4n) is 5.89. The molecule has 0 bridgehead atoms. The van der Waals surface area contributed by atoms with Gasteiger partial charge in [-0.2, -0.15) is 0 Å². The summed E-state index contributed by atoms with van der Waals surface area (Å²) in [5.74, 6) is -0.116. The number of hydrogen-bond acceptors (Lipinski definition) is 5. The lowest BCUT2D eigenvalue weighted by Crippen LogP contribution is -2.58. The lowest BCUT2D eigenvalue weighted by atomic mass is 9.83. The molecule has 3 N–H and O–H groups in total. The largest absolute Gasteiger partial charge is 0.486 e. The summed E-state index contributed by atoms with van der Waals surface area (Å²) in [6.07, 6.45) is 5.17. The molecule has 3 fully saturated rings. The van der Waals surface area contributed by atoms with Crippen molar-refractivity contribution in [2.24, 2.45) is 5.92 Å². The minimum absolute atomic E-state index is 0.0752. The van der Waals surface area contributed by atoms with Gasteiger partial charge in [-0.3, -0.25) is 9.59 Å². The zero-order valence-electron chi connectivity index (χ0n) is 21.3. The average molecular weight is 504 g/mol. The number of likely N-dealkylation sites (N-methyl/N-ethyl adjacent to an activating group) is 1. The second-order valence-corrected chi connectivity index (χ2v) is 10.1. The van der Waals surface area contributed by atoms with E-state index in [4.69, 9.17) is 4.74 Å². The molecule has 10 heteroatoms. The van der Waals surface area contributed by atoms with Gasteiger partial charge in [0.1, 0.15) is 23.7 Å². The molecule has 0 radical (unpaired) electrons. The Labute approximate surface area is 212 Å². The molecule has 9 nitrogen and oxygen atoms in total. The first kappa shape index (κ1) is 26.2. The van der Waals surface area contributed by atoms with Gasteiger partial charge in [-0.05, 0) is 63.4 Å². The number of hydrogen-bond donors (Lipinski definition) is 3. The van der Waals surface area contributed by atoms with Gasteiger partial charge in [0.25, 0.3) is 0 Å². The van der Waals surface area contributed by atoms with Gasteiger partial charge in [0.15, 0.2) is 0 Å². The number of amides is 4. The summed E-state index contributed by atoms with van der Waals surface area (Å²) in [6, 6.07) is 3.96. The van der Waals surface area contributed by atoms with Crippen LogP contribution in [0.2, 0.25) is 0 Å². The van der Waals surface area contributed by atoms with Crippen molar-refractivity contribution in [2.75, 3.05) is 27.2 Å². The number of rotatable bonds is 7.